The molecule has 0 heterocycles. The molecule has 0 saturated carbocycles. The van der Waals surface area contributed by atoms with Crippen molar-refractivity contribution in [3.63, 3.8) is 0 Å². The Hall–Kier alpha value is -2.97. The molecule has 0 fully saturated rings. The summed E-state index contributed by atoms with van der Waals surface area (Å²) in [5.74, 6) is -0.709. The van der Waals surface area contributed by atoms with Crippen LogP contribution in [-0.2, 0) is 9.47 Å². The van der Waals surface area contributed by atoms with Gasteiger partial charge in [0.1, 0.15) is 41.8 Å². The lowest BCUT2D eigenvalue weighted by atomic mass is 10.2. The van der Waals surface area contributed by atoms with Crippen molar-refractivity contribution in [2.24, 2.45) is 0 Å². The van der Waals surface area contributed by atoms with E-state index in [1.807, 2.05) is 0 Å². The molecule has 0 spiro atoms. The molecule has 152 valence electrons. The van der Waals surface area contributed by atoms with Crippen LogP contribution in [0.4, 0.5) is 0 Å². The van der Waals surface area contributed by atoms with Gasteiger partial charge in [-0.15, -0.1) is 0 Å². The second-order valence-corrected chi connectivity index (χ2v) is 5.78. The van der Waals surface area contributed by atoms with Crippen LogP contribution in [0.25, 0.3) is 0 Å². The van der Waals surface area contributed by atoms with E-state index in [1.54, 1.807) is 25.1 Å². The molecule has 2 aromatic rings. The van der Waals surface area contributed by atoms with Crippen LogP contribution in [0.3, 0.4) is 0 Å². The highest BCUT2D eigenvalue weighted by molar-refractivity contribution is 5.93. The van der Waals surface area contributed by atoms with Gasteiger partial charge in [0.15, 0.2) is 0 Å². The third kappa shape index (κ3) is 6.33. The molecule has 0 atom stereocenters. The molecule has 0 saturated heterocycles. The standard InChI is InChI=1S/C20H24O8/c1-14-15(21)4-2-6-17(14)27-12-10-25-8-9-26-11-13-28-18-7-3-5-16(22)19(18)20(23)24/h2-7,21-22H,8-13H2,1H3,(H,23,24). The van der Waals surface area contributed by atoms with Gasteiger partial charge >= 0.3 is 5.97 Å². The number of phenolic OH excluding ortho intramolecular Hbond substituents is 1. The van der Waals surface area contributed by atoms with E-state index in [-0.39, 0.29) is 36.0 Å². The molecule has 0 bridgehead atoms. The average molecular weight is 392 g/mol. The maximum atomic E-state index is 11.1. The van der Waals surface area contributed by atoms with Crippen LogP contribution in [0.2, 0.25) is 0 Å². The summed E-state index contributed by atoms with van der Waals surface area (Å²) < 4.78 is 21.6. The van der Waals surface area contributed by atoms with Crippen LogP contribution < -0.4 is 9.47 Å². The maximum Gasteiger partial charge on any atom is 0.343 e. The summed E-state index contributed by atoms with van der Waals surface area (Å²) in [6, 6.07) is 9.36. The van der Waals surface area contributed by atoms with Crippen LogP contribution in [0.15, 0.2) is 36.4 Å². The first-order chi connectivity index (χ1) is 13.5. The molecular formula is C20H24O8. The number of ether oxygens (including phenoxy) is 4. The van der Waals surface area contributed by atoms with Crippen molar-refractivity contribution in [2.45, 2.75) is 6.92 Å². The molecule has 0 aliphatic carbocycles. The van der Waals surface area contributed by atoms with E-state index in [0.29, 0.717) is 37.7 Å². The van der Waals surface area contributed by atoms with Gasteiger partial charge in [0.05, 0.1) is 26.4 Å². The minimum Gasteiger partial charge on any atom is -0.508 e. The summed E-state index contributed by atoms with van der Waals surface area (Å²) in [5.41, 5.74) is 0.413. The Morgan fingerprint density at radius 3 is 1.89 bits per heavy atom. The van der Waals surface area contributed by atoms with Crippen molar-refractivity contribution in [1.29, 1.82) is 0 Å². The number of hydrogen-bond acceptors (Lipinski definition) is 7. The molecule has 0 unspecified atom stereocenters. The number of aromatic carboxylic acids is 1. The van der Waals surface area contributed by atoms with E-state index >= 15 is 0 Å². The van der Waals surface area contributed by atoms with Crippen molar-refractivity contribution in [2.75, 3.05) is 39.6 Å². The molecule has 28 heavy (non-hydrogen) atoms. The molecule has 0 aliphatic rings. The number of carboxylic acids is 1. The molecular weight excluding hydrogens is 368 g/mol. The first-order valence-electron chi connectivity index (χ1n) is 8.75. The van der Waals surface area contributed by atoms with Gasteiger partial charge in [-0.25, -0.2) is 4.79 Å². The zero-order chi connectivity index (χ0) is 20.4. The Morgan fingerprint density at radius 1 is 0.786 bits per heavy atom. The molecule has 3 N–H and O–H groups in total. The zero-order valence-corrected chi connectivity index (χ0v) is 15.6. The summed E-state index contributed by atoms with van der Waals surface area (Å²) in [6.07, 6.45) is 0. The number of benzene rings is 2. The monoisotopic (exact) mass is 392 g/mol. The summed E-state index contributed by atoms with van der Waals surface area (Å²) in [5, 5.41) is 28.2. The van der Waals surface area contributed by atoms with E-state index in [1.165, 1.54) is 18.2 Å². The van der Waals surface area contributed by atoms with E-state index < -0.39 is 5.97 Å². The molecule has 2 aromatic carbocycles. The van der Waals surface area contributed by atoms with E-state index in [2.05, 4.69) is 0 Å². The highest BCUT2D eigenvalue weighted by atomic mass is 16.6. The van der Waals surface area contributed by atoms with Gasteiger partial charge in [0, 0.05) is 5.56 Å². The Labute approximate surface area is 162 Å². The largest absolute Gasteiger partial charge is 0.508 e. The maximum absolute atomic E-state index is 11.1. The quantitative estimate of drug-likeness (QED) is 0.472. The molecule has 0 amide bonds. The third-order valence-corrected chi connectivity index (χ3v) is 3.82. The number of rotatable bonds is 12. The Balaban J connectivity index is 1.54. The van der Waals surface area contributed by atoms with E-state index in [9.17, 15) is 15.0 Å². The van der Waals surface area contributed by atoms with Crippen molar-refractivity contribution in [1.82, 2.24) is 0 Å². The summed E-state index contributed by atoms with van der Waals surface area (Å²) in [4.78, 5) is 11.1. The van der Waals surface area contributed by atoms with Crippen LogP contribution >= 0.6 is 0 Å². The van der Waals surface area contributed by atoms with Crippen LogP contribution in [0, 0.1) is 6.92 Å². The van der Waals surface area contributed by atoms with Gasteiger partial charge in [-0.2, -0.15) is 0 Å². The SMILES string of the molecule is Cc1c(O)cccc1OCCOCCOCCOc1cccc(O)c1C(=O)O. The fourth-order valence-corrected chi connectivity index (χ4v) is 2.36. The van der Waals surface area contributed by atoms with Crippen LogP contribution in [0.1, 0.15) is 15.9 Å². The van der Waals surface area contributed by atoms with Crippen LogP contribution in [-0.4, -0.2) is 60.9 Å². The molecule has 0 radical (unpaired) electrons. The normalized spacial score (nSPS) is 10.6. The first-order valence-corrected chi connectivity index (χ1v) is 8.75. The van der Waals surface area contributed by atoms with Gasteiger partial charge in [-0.05, 0) is 31.2 Å². The highest BCUT2D eigenvalue weighted by Crippen LogP contribution is 2.27. The van der Waals surface area contributed by atoms with Gasteiger partial charge in [0.25, 0.3) is 0 Å². The van der Waals surface area contributed by atoms with E-state index in [0.717, 1.165) is 0 Å². The van der Waals surface area contributed by atoms with Gasteiger partial charge < -0.3 is 34.3 Å². The third-order valence-electron chi connectivity index (χ3n) is 3.82. The predicted molar refractivity (Wildman–Crippen MR) is 101 cm³/mol. The second kappa shape index (κ2) is 11.0. The number of phenols is 2. The van der Waals surface area contributed by atoms with Crippen molar-refractivity contribution in [3.05, 3.63) is 47.5 Å². The second-order valence-electron chi connectivity index (χ2n) is 5.78. The minimum atomic E-state index is -1.26. The number of carboxylic acid groups (broad SMARTS) is 1. The van der Waals surface area contributed by atoms with Gasteiger partial charge in [-0.1, -0.05) is 12.1 Å². The summed E-state index contributed by atoms with van der Waals surface area (Å²) in [7, 11) is 0. The number of hydrogen-bond donors (Lipinski definition) is 3. The van der Waals surface area contributed by atoms with Gasteiger partial charge in [0.2, 0.25) is 0 Å². The minimum absolute atomic E-state index is 0.0896. The lowest BCUT2D eigenvalue weighted by Gasteiger charge is -2.11. The van der Waals surface area contributed by atoms with Crippen LogP contribution in [0.5, 0.6) is 23.0 Å². The fraction of sp³-hybridized carbons (Fsp3) is 0.350. The first kappa shape index (κ1) is 21.3. The van der Waals surface area contributed by atoms with E-state index in [4.69, 9.17) is 24.1 Å². The lowest BCUT2D eigenvalue weighted by molar-refractivity contribution is 0.0270. The summed E-state index contributed by atoms with van der Waals surface area (Å²) >= 11 is 0. The summed E-state index contributed by atoms with van der Waals surface area (Å²) in [6.45, 7) is 3.61. The van der Waals surface area contributed by atoms with Crippen molar-refractivity contribution >= 4 is 5.97 Å². The molecule has 8 heteroatoms. The Kier molecular flexibility index (Phi) is 8.38. The number of aromatic hydroxyl groups is 2. The predicted octanol–water partition coefficient (Wildman–Crippen LogP) is 2.60. The van der Waals surface area contributed by atoms with Crippen molar-refractivity contribution < 1.29 is 39.1 Å². The smallest absolute Gasteiger partial charge is 0.343 e. The topological polar surface area (TPSA) is 115 Å². The average Bonchev–Trinajstić information content (AvgIpc) is 2.66. The Bertz CT molecular complexity index is 775. The lowest BCUT2D eigenvalue weighted by Crippen LogP contribution is -2.14. The fourth-order valence-electron chi connectivity index (χ4n) is 2.36. The Morgan fingerprint density at radius 2 is 1.29 bits per heavy atom. The van der Waals surface area contributed by atoms with Crippen molar-refractivity contribution in [3.8, 4) is 23.0 Å². The number of carbonyl (C=O) groups is 1. The molecule has 0 aliphatic heterocycles. The zero-order valence-electron chi connectivity index (χ0n) is 15.6. The molecule has 2 rings (SSSR count). The van der Waals surface area contributed by atoms with Gasteiger partial charge in [-0.3, -0.25) is 0 Å². The molecule has 0 aromatic heterocycles. The molecule has 8 nitrogen and oxygen atoms in total. The highest BCUT2D eigenvalue weighted by Gasteiger charge is 2.16.